The molecule has 0 bridgehead atoms. The molecule has 0 radical (unpaired) electrons. The number of aliphatic hydroxyl groups excluding tert-OH is 1. The van der Waals surface area contributed by atoms with Crippen LogP contribution in [-0.4, -0.2) is 17.0 Å². The molecule has 0 aromatic heterocycles. The molecule has 2 fully saturated rings. The van der Waals surface area contributed by atoms with Crippen molar-refractivity contribution in [1.29, 1.82) is 0 Å². The lowest BCUT2D eigenvalue weighted by Gasteiger charge is -2.50. The molecule has 2 saturated carbocycles. The van der Waals surface area contributed by atoms with Crippen LogP contribution in [-0.2, 0) is 4.79 Å². The molecule has 0 heterocycles. The Hall–Kier alpha value is -0.630. The van der Waals surface area contributed by atoms with Gasteiger partial charge in [-0.25, -0.2) is 0 Å². The van der Waals surface area contributed by atoms with Crippen molar-refractivity contribution in [2.75, 3.05) is 0 Å². The summed E-state index contributed by atoms with van der Waals surface area (Å²) in [5.41, 5.74) is 3.51. The second-order valence-electron chi connectivity index (χ2n) is 7.99. The van der Waals surface area contributed by atoms with Gasteiger partial charge in [-0.15, -0.1) is 0 Å². The molecular weight excluding hydrogens is 248 g/mol. The Morgan fingerprint density at radius 3 is 2.90 bits per heavy atom. The van der Waals surface area contributed by atoms with E-state index in [0.717, 1.165) is 18.3 Å². The van der Waals surface area contributed by atoms with E-state index in [1.54, 1.807) is 0 Å². The normalized spacial score (nSPS) is 47.8. The third-order valence-electron chi connectivity index (χ3n) is 7.07. The van der Waals surface area contributed by atoms with Crippen LogP contribution in [0, 0.1) is 23.2 Å². The quantitative estimate of drug-likeness (QED) is 0.685. The summed E-state index contributed by atoms with van der Waals surface area (Å²) in [5, 5.41) is 9.96. The zero-order valence-electron chi connectivity index (χ0n) is 12.5. The Morgan fingerprint density at radius 1 is 1.20 bits per heavy atom. The SMILES string of the molecule is C[C@@]12CCC[C@H]1[C@@H]1CCC3=C(CC(O)C(=O)C3)[C@H]1CC2. The van der Waals surface area contributed by atoms with Crippen LogP contribution >= 0.6 is 0 Å². The van der Waals surface area contributed by atoms with E-state index in [4.69, 9.17) is 0 Å². The Morgan fingerprint density at radius 2 is 2.05 bits per heavy atom. The lowest BCUT2D eigenvalue weighted by Crippen LogP contribution is -2.43. The van der Waals surface area contributed by atoms with E-state index in [0.29, 0.717) is 24.2 Å². The van der Waals surface area contributed by atoms with Gasteiger partial charge in [0.25, 0.3) is 0 Å². The van der Waals surface area contributed by atoms with Crippen molar-refractivity contribution in [3.63, 3.8) is 0 Å². The van der Waals surface area contributed by atoms with Crippen LogP contribution < -0.4 is 0 Å². The maximum atomic E-state index is 11.8. The van der Waals surface area contributed by atoms with Gasteiger partial charge in [0.05, 0.1) is 0 Å². The summed E-state index contributed by atoms with van der Waals surface area (Å²) < 4.78 is 0. The molecule has 2 heteroatoms. The molecule has 0 spiro atoms. The Bertz CT molecular complexity index is 478. The summed E-state index contributed by atoms with van der Waals surface area (Å²) >= 11 is 0. The van der Waals surface area contributed by atoms with Crippen molar-refractivity contribution in [3.05, 3.63) is 11.1 Å². The van der Waals surface area contributed by atoms with Crippen molar-refractivity contribution in [2.24, 2.45) is 23.2 Å². The van der Waals surface area contributed by atoms with E-state index in [2.05, 4.69) is 6.92 Å². The zero-order chi connectivity index (χ0) is 13.9. The number of fused-ring (bicyclic) bond motifs is 4. The van der Waals surface area contributed by atoms with Crippen molar-refractivity contribution in [3.8, 4) is 0 Å². The molecule has 0 amide bonds. The third-order valence-corrected chi connectivity index (χ3v) is 7.07. The van der Waals surface area contributed by atoms with Crippen molar-refractivity contribution >= 4 is 5.78 Å². The largest absolute Gasteiger partial charge is 0.385 e. The smallest absolute Gasteiger partial charge is 0.165 e. The van der Waals surface area contributed by atoms with E-state index >= 15 is 0 Å². The molecule has 0 saturated heterocycles. The fourth-order valence-corrected chi connectivity index (χ4v) is 6.03. The molecule has 0 aromatic carbocycles. The van der Waals surface area contributed by atoms with E-state index in [9.17, 15) is 9.90 Å². The van der Waals surface area contributed by atoms with Gasteiger partial charge in [0.1, 0.15) is 6.10 Å². The maximum Gasteiger partial charge on any atom is 0.165 e. The molecule has 4 aliphatic rings. The van der Waals surface area contributed by atoms with Crippen LogP contribution in [0.15, 0.2) is 11.1 Å². The second-order valence-corrected chi connectivity index (χ2v) is 7.99. The summed E-state index contributed by atoms with van der Waals surface area (Å²) in [6.45, 7) is 2.52. The summed E-state index contributed by atoms with van der Waals surface area (Å²) in [4.78, 5) is 11.8. The minimum Gasteiger partial charge on any atom is -0.385 e. The number of allylic oxidation sites excluding steroid dienone is 1. The average molecular weight is 274 g/mol. The zero-order valence-corrected chi connectivity index (χ0v) is 12.5. The van der Waals surface area contributed by atoms with E-state index in [1.165, 1.54) is 49.7 Å². The first-order chi connectivity index (χ1) is 9.58. The number of carbonyl (C=O) groups excluding carboxylic acids is 1. The van der Waals surface area contributed by atoms with Crippen LogP contribution in [0.3, 0.4) is 0 Å². The van der Waals surface area contributed by atoms with Crippen molar-refractivity contribution < 1.29 is 9.90 Å². The van der Waals surface area contributed by atoms with Gasteiger partial charge in [-0.05, 0) is 61.7 Å². The van der Waals surface area contributed by atoms with Gasteiger partial charge in [-0.2, -0.15) is 0 Å². The number of ketones is 1. The minimum absolute atomic E-state index is 0.0590. The Kier molecular flexibility index (Phi) is 2.89. The highest BCUT2D eigenvalue weighted by Crippen LogP contribution is 2.60. The number of hydrogen-bond acceptors (Lipinski definition) is 2. The maximum absolute atomic E-state index is 11.8. The summed E-state index contributed by atoms with van der Waals surface area (Å²) in [6.07, 6.45) is 9.84. The topological polar surface area (TPSA) is 37.3 Å². The first-order valence-corrected chi connectivity index (χ1v) is 8.50. The molecular formula is C18H26O2. The van der Waals surface area contributed by atoms with Crippen molar-refractivity contribution in [2.45, 2.75) is 70.8 Å². The standard InChI is InChI=1S/C18H26O2/c1-18-7-2-3-15(18)13-5-4-11-9-16(19)17(20)10-14(11)12(13)6-8-18/h12-13,15,17,20H,2-10H2,1H3/t12-,13+,15-,17?,18-/m0/s1. The molecule has 110 valence electrons. The second kappa shape index (κ2) is 4.43. The van der Waals surface area contributed by atoms with Gasteiger partial charge in [0, 0.05) is 12.8 Å². The van der Waals surface area contributed by atoms with Gasteiger partial charge in [-0.1, -0.05) is 24.5 Å². The fraction of sp³-hybridized carbons (Fsp3) is 0.833. The number of aliphatic hydroxyl groups is 1. The molecule has 4 rings (SSSR count). The molecule has 4 aliphatic carbocycles. The Balaban J connectivity index is 1.66. The third kappa shape index (κ3) is 1.76. The van der Waals surface area contributed by atoms with Crippen LogP contribution in [0.1, 0.15) is 64.7 Å². The molecule has 2 nitrogen and oxygen atoms in total. The molecule has 1 unspecified atom stereocenters. The average Bonchev–Trinajstić information content (AvgIpc) is 2.82. The van der Waals surface area contributed by atoms with Crippen LogP contribution in [0.2, 0.25) is 0 Å². The summed E-state index contributed by atoms with van der Waals surface area (Å²) in [5.74, 6) is 2.50. The van der Waals surface area contributed by atoms with Gasteiger partial charge >= 0.3 is 0 Å². The lowest BCUT2D eigenvalue weighted by molar-refractivity contribution is -0.127. The van der Waals surface area contributed by atoms with Gasteiger partial charge < -0.3 is 5.11 Å². The van der Waals surface area contributed by atoms with Gasteiger partial charge in [-0.3, -0.25) is 4.79 Å². The molecule has 1 N–H and O–H groups in total. The predicted molar refractivity (Wildman–Crippen MR) is 78.2 cm³/mol. The monoisotopic (exact) mass is 274 g/mol. The molecule has 5 atom stereocenters. The molecule has 0 aromatic rings. The number of carbonyl (C=O) groups is 1. The van der Waals surface area contributed by atoms with Gasteiger partial charge in [0.2, 0.25) is 0 Å². The Labute approximate surface area is 121 Å². The summed E-state index contributed by atoms with van der Waals surface area (Å²) in [6, 6.07) is 0. The highest BCUT2D eigenvalue weighted by Gasteiger charge is 2.51. The number of rotatable bonds is 0. The van der Waals surface area contributed by atoms with Crippen molar-refractivity contribution in [1.82, 2.24) is 0 Å². The van der Waals surface area contributed by atoms with E-state index < -0.39 is 6.10 Å². The van der Waals surface area contributed by atoms with Crippen LogP contribution in [0.5, 0.6) is 0 Å². The predicted octanol–water partition coefficient (Wildman–Crippen LogP) is 3.63. The summed E-state index contributed by atoms with van der Waals surface area (Å²) in [7, 11) is 0. The highest BCUT2D eigenvalue weighted by atomic mass is 16.3. The molecule has 20 heavy (non-hydrogen) atoms. The first kappa shape index (κ1) is 13.1. The number of Topliss-reactive ketones (excluding diaryl/α,β-unsaturated/α-hetero) is 1. The van der Waals surface area contributed by atoms with Crippen LogP contribution in [0.4, 0.5) is 0 Å². The highest BCUT2D eigenvalue weighted by molar-refractivity contribution is 5.87. The first-order valence-electron chi connectivity index (χ1n) is 8.50. The van der Waals surface area contributed by atoms with Crippen LogP contribution in [0.25, 0.3) is 0 Å². The lowest BCUT2D eigenvalue weighted by atomic mass is 9.54. The van der Waals surface area contributed by atoms with Gasteiger partial charge in [0.15, 0.2) is 5.78 Å². The van der Waals surface area contributed by atoms with E-state index in [-0.39, 0.29) is 5.78 Å². The fourth-order valence-electron chi connectivity index (χ4n) is 6.03. The minimum atomic E-state index is -0.704. The van der Waals surface area contributed by atoms with E-state index in [1.807, 2.05) is 0 Å². The number of hydrogen-bond donors (Lipinski definition) is 1. The molecule has 0 aliphatic heterocycles.